The third kappa shape index (κ3) is 1.67. The van der Waals surface area contributed by atoms with Crippen LogP contribution in [0.5, 0.6) is 0 Å². The van der Waals surface area contributed by atoms with Crippen molar-refractivity contribution >= 4 is 17.4 Å². The highest BCUT2D eigenvalue weighted by Crippen LogP contribution is 2.44. The summed E-state index contributed by atoms with van der Waals surface area (Å²) >= 11 is 6.16. The first-order chi connectivity index (χ1) is 8.40. The summed E-state index contributed by atoms with van der Waals surface area (Å²) in [7, 11) is 1.48. The lowest BCUT2D eigenvalue weighted by atomic mass is 9.79. The number of hydrogen-bond acceptors (Lipinski definition) is 2. The molecule has 0 fully saturated rings. The Balaban J connectivity index is 2.56. The molecule has 0 aliphatic heterocycles. The Morgan fingerprint density at radius 1 is 1.11 bits per heavy atom. The second-order valence-corrected chi connectivity index (χ2v) is 5.24. The number of ketones is 1. The number of aryl methyl sites for hydroxylation is 1. The summed E-state index contributed by atoms with van der Waals surface area (Å²) in [5.41, 5.74) is 5.84. The second kappa shape index (κ2) is 4.43. The molecule has 0 heterocycles. The van der Waals surface area contributed by atoms with E-state index >= 15 is 0 Å². The molecule has 0 radical (unpaired) electrons. The minimum atomic E-state index is -0.334. The maximum atomic E-state index is 12.0. The molecule has 0 bridgehead atoms. The molecule has 2 rings (SSSR count). The smallest absolute Gasteiger partial charge is 0.211 e. The number of ether oxygens (including phenoxy) is 1. The fraction of sp³-hybridized carbons (Fsp3) is 0.400. The molecule has 1 unspecified atom stereocenters. The Morgan fingerprint density at radius 3 is 2.22 bits per heavy atom. The number of rotatable bonds is 2. The molecule has 2 nitrogen and oxygen atoms in total. The number of carbonyl (C=O) groups excluding carboxylic acids is 1. The first kappa shape index (κ1) is 13.2. The maximum Gasteiger partial charge on any atom is 0.211 e. The van der Waals surface area contributed by atoms with Gasteiger partial charge in [0.25, 0.3) is 0 Å². The second-order valence-electron chi connectivity index (χ2n) is 4.84. The van der Waals surface area contributed by atoms with Crippen LogP contribution in [0.2, 0.25) is 0 Å². The van der Waals surface area contributed by atoms with Crippen LogP contribution in [-0.4, -0.2) is 12.9 Å². The predicted molar refractivity (Wildman–Crippen MR) is 73.0 cm³/mol. The number of allylic oxidation sites excluding steroid dienone is 2. The van der Waals surface area contributed by atoms with E-state index in [2.05, 4.69) is 26.8 Å². The summed E-state index contributed by atoms with van der Waals surface area (Å²) in [5.74, 6) is -0.0511. The van der Waals surface area contributed by atoms with Gasteiger partial charge in [-0.1, -0.05) is 17.7 Å². The van der Waals surface area contributed by atoms with Crippen molar-refractivity contribution in [2.24, 2.45) is 0 Å². The quantitative estimate of drug-likeness (QED) is 0.814. The van der Waals surface area contributed by atoms with Gasteiger partial charge in [-0.25, -0.2) is 0 Å². The molecular formula is C15H17ClO2. The van der Waals surface area contributed by atoms with Gasteiger partial charge in [0.05, 0.1) is 18.1 Å². The van der Waals surface area contributed by atoms with Crippen LogP contribution >= 0.6 is 11.6 Å². The van der Waals surface area contributed by atoms with E-state index < -0.39 is 0 Å². The molecular weight excluding hydrogens is 248 g/mol. The molecule has 1 aromatic carbocycles. The van der Waals surface area contributed by atoms with E-state index in [1.807, 2.05) is 6.92 Å². The zero-order valence-electron chi connectivity index (χ0n) is 11.3. The Labute approximate surface area is 113 Å². The minimum absolute atomic E-state index is 0.0201. The summed E-state index contributed by atoms with van der Waals surface area (Å²) in [4.78, 5) is 12.0. The maximum absolute atomic E-state index is 12.0. The van der Waals surface area contributed by atoms with Gasteiger partial charge >= 0.3 is 0 Å². The molecule has 1 aliphatic rings. The number of Topliss-reactive ketones (excluding diaryl/α,β-unsaturated/α-hetero) is 1. The number of carbonyl (C=O) groups is 1. The van der Waals surface area contributed by atoms with E-state index in [0.29, 0.717) is 10.8 Å². The molecule has 1 atom stereocenters. The standard InChI is InChI=1S/C15H17ClO2/c1-7-6-11(10(4)9(3)8(7)2)12-13(16)15(18-5)14(12)17/h6,12H,1-5H3. The molecule has 0 saturated carbocycles. The molecule has 0 amide bonds. The van der Waals surface area contributed by atoms with Gasteiger partial charge < -0.3 is 4.74 Å². The molecule has 0 N–H and O–H groups in total. The van der Waals surface area contributed by atoms with Crippen molar-refractivity contribution in [3.8, 4) is 0 Å². The van der Waals surface area contributed by atoms with E-state index in [1.54, 1.807) is 0 Å². The van der Waals surface area contributed by atoms with Crippen LogP contribution in [0.25, 0.3) is 0 Å². The molecule has 0 saturated heterocycles. The van der Waals surface area contributed by atoms with Crippen LogP contribution in [-0.2, 0) is 9.53 Å². The summed E-state index contributed by atoms with van der Waals surface area (Å²) in [6.07, 6.45) is 0. The average Bonchev–Trinajstić information content (AvgIpc) is 2.34. The fourth-order valence-corrected chi connectivity index (χ4v) is 2.82. The Morgan fingerprint density at radius 2 is 1.72 bits per heavy atom. The van der Waals surface area contributed by atoms with Gasteiger partial charge in [-0.2, -0.15) is 0 Å². The first-order valence-electron chi connectivity index (χ1n) is 5.95. The topological polar surface area (TPSA) is 26.3 Å². The van der Waals surface area contributed by atoms with Crippen LogP contribution in [0.1, 0.15) is 33.7 Å². The van der Waals surface area contributed by atoms with Crippen molar-refractivity contribution < 1.29 is 9.53 Å². The lowest BCUT2D eigenvalue weighted by Crippen LogP contribution is -2.29. The van der Waals surface area contributed by atoms with Gasteiger partial charge in [-0.15, -0.1) is 0 Å². The Bertz CT molecular complexity index is 570. The summed E-state index contributed by atoms with van der Waals surface area (Å²) in [5, 5.41) is 0.522. The molecule has 1 aromatic rings. The van der Waals surface area contributed by atoms with Crippen LogP contribution < -0.4 is 0 Å². The van der Waals surface area contributed by atoms with Crippen molar-refractivity contribution in [1.29, 1.82) is 0 Å². The van der Waals surface area contributed by atoms with E-state index in [0.717, 1.165) is 11.1 Å². The third-order valence-electron chi connectivity index (χ3n) is 3.99. The van der Waals surface area contributed by atoms with Crippen LogP contribution in [0.3, 0.4) is 0 Å². The number of benzene rings is 1. The van der Waals surface area contributed by atoms with E-state index in [1.165, 1.54) is 23.8 Å². The highest BCUT2D eigenvalue weighted by Gasteiger charge is 2.41. The number of methoxy groups -OCH3 is 1. The molecule has 3 heteroatoms. The Kier molecular flexibility index (Phi) is 3.24. The molecule has 0 spiro atoms. The largest absolute Gasteiger partial charge is 0.492 e. The first-order valence-corrected chi connectivity index (χ1v) is 6.33. The van der Waals surface area contributed by atoms with Crippen LogP contribution in [0.4, 0.5) is 0 Å². The minimum Gasteiger partial charge on any atom is -0.492 e. The summed E-state index contributed by atoms with van der Waals surface area (Å²) in [6, 6.07) is 2.06. The molecule has 96 valence electrons. The van der Waals surface area contributed by atoms with Gasteiger partial charge in [0.1, 0.15) is 0 Å². The van der Waals surface area contributed by atoms with E-state index in [4.69, 9.17) is 16.3 Å². The average molecular weight is 265 g/mol. The van der Waals surface area contributed by atoms with Crippen molar-refractivity contribution in [2.45, 2.75) is 33.6 Å². The number of halogens is 1. The lowest BCUT2D eigenvalue weighted by Gasteiger charge is -2.29. The van der Waals surface area contributed by atoms with E-state index in [-0.39, 0.29) is 11.7 Å². The molecule has 0 aromatic heterocycles. The SMILES string of the molecule is COC1=C(Cl)C(c2cc(C)c(C)c(C)c2C)C1=O. The highest BCUT2D eigenvalue weighted by molar-refractivity contribution is 6.39. The Hall–Kier alpha value is -1.28. The molecule has 1 aliphatic carbocycles. The molecule has 18 heavy (non-hydrogen) atoms. The zero-order valence-corrected chi connectivity index (χ0v) is 12.1. The van der Waals surface area contributed by atoms with Crippen LogP contribution in [0.15, 0.2) is 16.9 Å². The van der Waals surface area contributed by atoms with Crippen LogP contribution in [0, 0.1) is 27.7 Å². The van der Waals surface area contributed by atoms with Crippen molar-refractivity contribution in [3.63, 3.8) is 0 Å². The predicted octanol–water partition coefficient (Wildman–Crippen LogP) is 3.68. The third-order valence-corrected chi connectivity index (χ3v) is 4.38. The van der Waals surface area contributed by atoms with Gasteiger partial charge in [0, 0.05) is 0 Å². The zero-order chi connectivity index (χ0) is 13.6. The monoisotopic (exact) mass is 264 g/mol. The van der Waals surface area contributed by atoms with Crippen molar-refractivity contribution in [1.82, 2.24) is 0 Å². The van der Waals surface area contributed by atoms with Crippen molar-refractivity contribution in [2.75, 3.05) is 7.11 Å². The number of hydrogen-bond donors (Lipinski definition) is 0. The summed E-state index contributed by atoms with van der Waals surface area (Å²) in [6.45, 7) is 8.28. The van der Waals surface area contributed by atoms with Gasteiger partial charge in [0.15, 0.2) is 5.76 Å². The highest BCUT2D eigenvalue weighted by atomic mass is 35.5. The van der Waals surface area contributed by atoms with Gasteiger partial charge in [-0.05, 0) is 55.5 Å². The van der Waals surface area contributed by atoms with Crippen molar-refractivity contribution in [3.05, 3.63) is 44.7 Å². The van der Waals surface area contributed by atoms with Gasteiger partial charge in [0.2, 0.25) is 5.78 Å². The lowest BCUT2D eigenvalue weighted by molar-refractivity contribution is -0.121. The normalized spacial score (nSPS) is 19.0. The van der Waals surface area contributed by atoms with Gasteiger partial charge in [-0.3, -0.25) is 4.79 Å². The summed E-state index contributed by atoms with van der Waals surface area (Å²) < 4.78 is 4.98. The van der Waals surface area contributed by atoms with E-state index in [9.17, 15) is 4.79 Å². The fourth-order valence-electron chi connectivity index (χ4n) is 2.44.